The number of carbonyl (C=O) groups is 1. The number of likely N-dealkylation sites (tertiary alicyclic amines) is 1. The van der Waals surface area contributed by atoms with Gasteiger partial charge in [0.1, 0.15) is 0 Å². The summed E-state index contributed by atoms with van der Waals surface area (Å²) in [5.41, 5.74) is 0.748. The number of likely N-dealkylation sites (N-methyl/N-ethyl adjacent to an activating group) is 1. The van der Waals surface area contributed by atoms with Gasteiger partial charge in [0.15, 0.2) is 0 Å². The van der Waals surface area contributed by atoms with Crippen molar-refractivity contribution in [1.82, 2.24) is 9.88 Å². The van der Waals surface area contributed by atoms with E-state index in [4.69, 9.17) is 4.74 Å². The molecule has 3 heterocycles. The van der Waals surface area contributed by atoms with Gasteiger partial charge in [0, 0.05) is 19.3 Å². The zero-order chi connectivity index (χ0) is 12.5. The summed E-state index contributed by atoms with van der Waals surface area (Å²) in [6, 6.07) is 3.66. The second-order valence-corrected chi connectivity index (χ2v) is 5.09. The molecule has 1 aromatic heterocycles. The molecule has 0 saturated carbocycles. The van der Waals surface area contributed by atoms with Crippen molar-refractivity contribution in [2.24, 2.45) is 5.92 Å². The van der Waals surface area contributed by atoms with E-state index in [9.17, 15) is 4.79 Å². The Hall–Kier alpha value is -1.46. The summed E-state index contributed by atoms with van der Waals surface area (Å²) in [4.78, 5) is 18.4. The lowest BCUT2D eigenvalue weighted by atomic mass is 9.99. The minimum absolute atomic E-state index is 0.0328. The lowest BCUT2D eigenvalue weighted by molar-refractivity contribution is -0.122. The number of morpholine rings is 1. The van der Waals surface area contributed by atoms with Crippen LogP contribution in [0.2, 0.25) is 0 Å². The maximum Gasteiger partial charge on any atom is 0.230 e. The molecule has 18 heavy (non-hydrogen) atoms. The number of rotatable bonds is 2. The predicted molar refractivity (Wildman–Crippen MR) is 67.1 cm³/mol. The van der Waals surface area contributed by atoms with Crippen molar-refractivity contribution in [2.45, 2.75) is 18.6 Å². The van der Waals surface area contributed by atoms with Gasteiger partial charge in [-0.15, -0.1) is 0 Å². The molecule has 5 nitrogen and oxygen atoms in total. The maximum absolute atomic E-state index is 12.2. The van der Waals surface area contributed by atoms with Crippen LogP contribution in [0.25, 0.3) is 0 Å². The third kappa shape index (κ3) is 2.23. The van der Waals surface area contributed by atoms with Crippen LogP contribution < -0.4 is 5.32 Å². The molecule has 0 spiro atoms. The molecule has 5 heteroatoms. The summed E-state index contributed by atoms with van der Waals surface area (Å²) in [5.74, 6) is 0.00551. The number of amides is 1. The molecule has 0 aromatic carbocycles. The first-order chi connectivity index (χ1) is 8.72. The van der Waals surface area contributed by atoms with Gasteiger partial charge in [-0.1, -0.05) is 0 Å². The molecule has 2 aliphatic rings. The Labute approximate surface area is 106 Å². The van der Waals surface area contributed by atoms with Crippen LogP contribution in [0, 0.1) is 5.92 Å². The number of carbonyl (C=O) groups excluding carboxylic acids is 1. The Morgan fingerprint density at radius 1 is 1.56 bits per heavy atom. The first kappa shape index (κ1) is 11.6. The zero-order valence-electron chi connectivity index (χ0n) is 10.4. The van der Waals surface area contributed by atoms with Gasteiger partial charge >= 0.3 is 0 Å². The highest BCUT2D eigenvalue weighted by atomic mass is 16.5. The van der Waals surface area contributed by atoms with Gasteiger partial charge < -0.3 is 15.0 Å². The van der Waals surface area contributed by atoms with Crippen molar-refractivity contribution in [3.05, 3.63) is 24.5 Å². The van der Waals surface area contributed by atoms with Crippen LogP contribution in [-0.2, 0) is 9.53 Å². The molecule has 2 fully saturated rings. The number of hydrogen-bond acceptors (Lipinski definition) is 4. The van der Waals surface area contributed by atoms with Crippen LogP contribution >= 0.6 is 0 Å². The average Bonchev–Trinajstić information content (AvgIpc) is 2.66. The lowest BCUT2D eigenvalue weighted by Crippen LogP contribution is -2.42. The highest BCUT2D eigenvalue weighted by Gasteiger charge is 2.43. The number of nitrogens with zero attached hydrogens (tertiary/aromatic N) is 2. The van der Waals surface area contributed by atoms with Crippen molar-refractivity contribution in [3.63, 3.8) is 0 Å². The van der Waals surface area contributed by atoms with E-state index in [1.807, 2.05) is 12.1 Å². The first-order valence-corrected chi connectivity index (χ1v) is 6.27. The number of hydrogen-bond donors (Lipinski definition) is 1. The third-order valence-corrected chi connectivity index (χ3v) is 3.61. The summed E-state index contributed by atoms with van der Waals surface area (Å²) >= 11 is 0. The number of nitrogens with one attached hydrogen (secondary N) is 1. The quantitative estimate of drug-likeness (QED) is 0.837. The van der Waals surface area contributed by atoms with Gasteiger partial charge in [0.2, 0.25) is 5.91 Å². The van der Waals surface area contributed by atoms with E-state index in [2.05, 4.69) is 22.2 Å². The lowest BCUT2D eigenvalue weighted by Gasteiger charge is -2.29. The van der Waals surface area contributed by atoms with E-state index < -0.39 is 0 Å². The summed E-state index contributed by atoms with van der Waals surface area (Å²) in [5, 5.41) is 2.91. The maximum atomic E-state index is 12.2. The summed E-state index contributed by atoms with van der Waals surface area (Å²) < 4.78 is 5.82. The SMILES string of the molecule is CN1C[C@@H]2C[C@H](C(=O)Nc3cccnc3)[C@H](C1)O2. The van der Waals surface area contributed by atoms with Gasteiger partial charge in [-0.25, -0.2) is 0 Å². The number of pyridine rings is 1. The van der Waals surface area contributed by atoms with Crippen LogP contribution in [0.1, 0.15) is 6.42 Å². The third-order valence-electron chi connectivity index (χ3n) is 3.61. The number of fused-ring (bicyclic) bond motifs is 2. The topological polar surface area (TPSA) is 54.5 Å². The highest BCUT2D eigenvalue weighted by molar-refractivity contribution is 5.93. The summed E-state index contributed by atoms with van der Waals surface area (Å²) in [7, 11) is 2.07. The van der Waals surface area contributed by atoms with Crippen molar-refractivity contribution < 1.29 is 9.53 Å². The fourth-order valence-corrected chi connectivity index (χ4v) is 2.80. The smallest absolute Gasteiger partial charge is 0.230 e. The molecule has 3 rings (SSSR count). The molecular formula is C13H17N3O2. The monoisotopic (exact) mass is 247 g/mol. The van der Waals surface area contributed by atoms with Crippen molar-refractivity contribution in [3.8, 4) is 0 Å². The molecule has 1 N–H and O–H groups in total. The van der Waals surface area contributed by atoms with E-state index in [1.165, 1.54) is 0 Å². The minimum atomic E-state index is -0.0415. The van der Waals surface area contributed by atoms with Crippen molar-refractivity contribution >= 4 is 11.6 Å². The summed E-state index contributed by atoms with van der Waals surface area (Å²) in [6.07, 6.45) is 4.41. The summed E-state index contributed by atoms with van der Waals surface area (Å²) in [6.45, 7) is 1.76. The number of ether oxygens (including phenoxy) is 1. The standard InChI is InChI=1S/C13H17N3O2/c1-16-7-10-5-11(12(8-16)18-10)13(17)15-9-3-2-4-14-6-9/h2-4,6,10-12H,5,7-8H2,1H3,(H,15,17)/t10-,11-,12-/m0/s1. The van der Waals surface area contributed by atoms with Crippen molar-refractivity contribution in [2.75, 3.05) is 25.5 Å². The van der Waals surface area contributed by atoms with Gasteiger partial charge in [-0.2, -0.15) is 0 Å². The fraction of sp³-hybridized carbons (Fsp3) is 0.538. The zero-order valence-corrected chi connectivity index (χ0v) is 10.4. The normalized spacial score (nSPS) is 31.3. The molecular weight excluding hydrogens is 230 g/mol. The molecule has 0 unspecified atom stereocenters. The van der Waals surface area contributed by atoms with E-state index in [0.717, 1.165) is 25.2 Å². The molecule has 2 aliphatic heterocycles. The number of anilines is 1. The Morgan fingerprint density at radius 3 is 3.22 bits per heavy atom. The Kier molecular flexibility index (Phi) is 3.01. The van der Waals surface area contributed by atoms with Crippen LogP contribution in [0.5, 0.6) is 0 Å². The van der Waals surface area contributed by atoms with E-state index >= 15 is 0 Å². The molecule has 2 saturated heterocycles. The minimum Gasteiger partial charge on any atom is -0.371 e. The molecule has 0 aliphatic carbocycles. The Morgan fingerprint density at radius 2 is 2.44 bits per heavy atom. The fourth-order valence-electron chi connectivity index (χ4n) is 2.80. The largest absolute Gasteiger partial charge is 0.371 e. The van der Waals surface area contributed by atoms with Crippen LogP contribution in [0.15, 0.2) is 24.5 Å². The van der Waals surface area contributed by atoms with Gasteiger partial charge in [0.25, 0.3) is 0 Å². The van der Waals surface area contributed by atoms with Crippen LogP contribution in [-0.4, -0.2) is 48.1 Å². The predicted octanol–water partition coefficient (Wildman–Crippen LogP) is 0.739. The van der Waals surface area contributed by atoms with Crippen LogP contribution in [0.4, 0.5) is 5.69 Å². The Balaban J connectivity index is 1.67. The van der Waals surface area contributed by atoms with Gasteiger partial charge in [-0.05, 0) is 25.6 Å². The molecule has 0 radical (unpaired) electrons. The van der Waals surface area contributed by atoms with Gasteiger partial charge in [0.05, 0.1) is 30.0 Å². The van der Waals surface area contributed by atoms with Crippen LogP contribution in [0.3, 0.4) is 0 Å². The van der Waals surface area contributed by atoms with Crippen molar-refractivity contribution in [1.29, 1.82) is 0 Å². The number of aromatic nitrogens is 1. The second-order valence-electron chi connectivity index (χ2n) is 5.09. The molecule has 1 amide bonds. The molecule has 2 bridgehead atoms. The van der Waals surface area contributed by atoms with Gasteiger partial charge in [-0.3, -0.25) is 9.78 Å². The highest BCUT2D eigenvalue weighted by Crippen LogP contribution is 2.32. The molecule has 3 atom stereocenters. The Bertz CT molecular complexity index is 437. The first-order valence-electron chi connectivity index (χ1n) is 6.27. The average molecular weight is 247 g/mol. The van der Waals surface area contributed by atoms with E-state index in [1.54, 1.807) is 12.4 Å². The molecule has 1 aromatic rings. The molecule has 96 valence electrons. The van der Waals surface area contributed by atoms with E-state index in [-0.39, 0.29) is 24.0 Å². The van der Waals surface area contributed by atoms with E-state index in [0.29, 0.717) is 0 Å². The second kappa shape index (κ2) is 4.66.